The van der Waals surface area contributed by atoms with Crippen molar-refractivity contribution in [2.75, 3.05) is 6.61 Å². The van der Waals surface area contributed by atoms with Gasteiger partial charge < -0.3 is 15.2 Å². The first-order chi connectivity index (χ1) is 9.45. The van der Waals surface area contributed by atoms with E-state index in [9.17, 15) is 14.7 Å². The van der Waals surface area contributed by atoms with E-state index in [0.717, 1.165) is 12.8 Å². The van der Waals surface area contributed by atoms with Crippen molar-refractivity contribution in [3.63, 3.8) is 0 Å². The number of ether oxygens (including phenoxy) is 1. The molecule has 1 aromatic rings. The van der Waals surface area contributed by atoms with Crippen molar-refractivity contribution in [1.82, 2.24) is 5.32 Å². The summed E-state index contributed by atoms with van der Waals surface area (Å²) in [4.78, 5) is 23.3. The number of esters is 1. The molecule has 0 aliphatic heterocycles. The Morgan fingerprint density at radius 1 is 1.40 bits per heavy atom. The van der Waals surface area contributed by atoms with Gasteiger partial charge in [0.15, 0.2) is 6.61 Å². The fourth-order valence-electron chi connectivity index (χ4n) is 1.85. The lowest BCUT2D eigenvalue weighted by atomic mass is 10.1. The average Bonchev–Trinajstić information content (AvgIpc) is 2.39. The van der Waals surface area contributed by atoms with Crippen molar-refractivity contribution >= 4 is 11.9 Å². The summed E-state index contributed by atoms with van der Waals surface area (Å²) in [6.07, 6.45) is 1.84. The summed E-state index contributed by atoms with van der Waals surface area (Å²) >= 11 is 0. The molecule has 0 bridgehead atoms. The highest BCUT2D eigenvalue weighted by atomic mass is 16.5. The Morgan fingerprint density at radius 3 is 2.75 bits per heavy atom. The van der Waals surface area contributed by atoms with Gasteiger partial charge in [0.1, 0.15) is 11.3 Å². The first-order valence-corrected chi connectivity index (χ1v) is 6.70. The van der Waals surface area contributed by atoms with Gasteiger partial charge in [-0.2, -0.15) is 0 Å². The molecule has 0 heterocycles. The van der Waals surface area contributed by atoms with E-state index in [1.165, 1.54) is 6.07 Å². The fourth-order valence-corrected chi connectivity index (χ4v) is 1.85. The monoisotopic (exact) mass is 279 g/mol. The van der Waals surface area contributed by atoms with E-state index in [-0.39, 0.29) is 29.9 Å². The van der Waals surface area contributed by atoms with Crippen LogP contribution in [0.1, 0.15) is 42.6 Å². The van der Waals surface area contributed by atoms with E-state index < -0.39 is 5.97 Å². The van der Waals surface area contributed by atoms with Gasteiger partial charge in [-0.3, -0.25) is 4.79 Å². The molecule has 5 heteroatoms. The maximum Gasteiger partial charge on any atom is 0.342 e. The van der Waals surface area contributed by atoms with E-state index in [1.807, 2.05) is 13.8 Å². The summed E-state index contributed by atoms with van der Waals surface area (Å²) in [6, 6.07) is 4.85. The van der Waals surface area contributed by atoms with E-state index in [0.29, 0.717) is 5.56 Å². The molecule has 1 amide bonds. The molecule has 110 valence electrons. The van der Waals surface area contributed by atoms with Crippen LogP contribution in [0.15, 0.2) is 18.2 Å². The minimum absolute atomic E-state index is 0.0542. The summed E-state index contributed by atoms with van der Waals surface area (Å²) in [5, 5.41) is 12.5. The molecule has 1 aromatic carbocycles. The van der Waals surface area contributed by atoms with Crippen LogP contribution in [0, 0.1) is 6.92 Å². The van der Waals surface area contributed by atoms with Crippen molar-refractivity contribution in [1.29, 1.82) is 0 Å². The number of aryl methyl sites for hydroxylation is 1. The number of phenols is 1. The Hall–Kier alpha value is -2.04. The summed E-state index contributed by atoms with van der Waals surface area (Å²) < 4.78 is 4.89. The summed E-state index contributed by atoms with van der Waals surface area (Å²) in [5.41, 5.74) is 0.653. The van der Waals surface area contributed by atoms with Crippen LogP contribution in [-0.2, 0) is 9.53 Å². The molecular weight excluding hydrogens is 258 g/mol. The molecule has 0 saturated heterocycles. The van der Waals surface area contributed by atoms with Gasteiger partial charge in [-0.15, -0.1) is 0 Å². The second kappa shape index (κ2) is 7.53. The minimum atomic E-state index is -0.704. The van der Waals surface area contributed by atoms with Gasteiger partial charge in [0, 0.05) is 6.04 Å². The van der Waals surface area contributed by atoms with Crippen molar-refractivity contribution in [3.05, 3.63) is 29.3 Å². The molecule has 0 fully saturated rings. The Balaban J connectivity index is 2.51. The van der Waals surface area contributed by atoms with Crippen LogP contribution in [0.4, 0.5) is 0 Å². The number of phenolic OH excluding ortho intramolecular Hbond substituents is 1. The zero-order chi connectivity index (χ0) is 15.1. The Bertz CT molecular complexity index is 485. The van der Waals surface area contributed by atoms with Gasteiger partial charge in [0.25, 0.3) is 5.91 Å². The van der Waals surface area contributed by atoms with Crippen LogP contribution >= 0.6 is 0 Å². The van der Waals surface area contributed by atoms with Gasteiger partial charge >= 0.3 is 5.97 Å². The van der Waals surface area contributed by atoms with Gasteiger partial charge in [-0.1, -0.05) is 25.5 Å². The van der Waals surface area contributed by atoms with Crippen LogP contribution in [0.3, 0.4) is 0 Å². The Labute approximate surface area is 118 Å². The van der Waals surface area contributed by atoms with Gasteiger partial charge in [-0.25, -0.2) is 4.79 Å². The smallest absolute Gasteiger partial charge is 0.342 e. The molecule has 0 unspecified atom stereocenters. The summed E-state index contributed by atoms with van der Waals surface area (Å²) in [5.74, 6) is -1.16. The molecule has 1 atom stereocenters. The molecule has 0 aliphatic rings. The zero-order valence-electron chi connectivity index (χ0n) is 12.1. The number of carbonyl (C=O) groups is 2. The predicted molar refractivity (Wildman–Crippen MR) is 75.6 cm³/mol. The van der Waals surface area contributed by atoms with Crippen LogP contribution in [0.2, 0.25) is 0 Å². The zero-order valence-corrected chi connectivity index (χ0v) is 12.1. The van der Waals surface area contributed by atoms with E-state index in [4.69, 9.17) is 4.74 Å². The van der Waals surface area contributed by atoms with Crippen molar-refractivity contribution < 1.29 is 19.4 Å². The van der Waals surface area contributed by atoms with Crippen LogP contribution < -0.4 is 5.32 Å². The van der Waals surface area contributed by atoms with Crippen LogP contribution in [0.5, 0.6) is 5.75 Å². The molecule has 0 spiro atoms. The lowest BCUT2D eigenvalue weighted by molar-refractivity contribution is -0.124. The van der Waals surface area contributed by atoms with Crippen LogP contribution in [-0.4, -0.2) is 29.6 Å². The third kappa shape index (κ3) is 4.57. The van der Waals surface area contributed by atoms with Crippen molar-refractivity contribution in [2.24, 2.45) is 0 Å². The Morgan fingerprint density at radius 2 is 2.10 bits per heavy atom. The van der Waals surface area contributed by atoms with Gasteiger partial charge in [-0.05, 0) is 31.9 Å². The third-order valence-electron chi connectivity index (χ3n) is 2.92. The predicted octanol–water partition coefficient (Wildman–Crippen LogP) is 2.16. The van der Waals surface area contributed by atoms with Crippen LogP contribution in [0.25, 0.3) is 0 Å². The second-order valence-electron chi connectivity index (χ2n) is 4.80. The quantitative estimate of drug-likeness (QED) is 0.782. The molecule has 2 N–H and O–H groups in total. The molecule has 0 saturated carbocycles. The number of nitrogens with one attached hydrogen (secondary N) is 1. The lowest BCUT2D eigenvalue weighted by Crippen LogP contribution is -2.35. The largest absolute Gasteiger partial charge is 0.507 e. The van der Waals surface area contributed by atoms with Gasteiger partial charge in [0.05, 0.1) is 0 Å². The minimum Gasteiger partial charge on any atom is -0.507 e. The number of rotatable bonds is 6. The normalized spacial score (nSPS) is 11.8. The highest BCUT2D eigenvalue weighted by Gasteiger charge is 2.16. The number of aromatic hydroxyl groups is 1. The summed E-state index contributed by atoms with van der Waals surface area (Å²) in [7, 11) is 0. The molecule has 20 heavy (non-hydrogen) atoms. The fraction of sp³-hybridized carbons (Fsp3) is 0.467. The molecule has 0 aromatic heterocycles. The SMILES string of the molecule is CCC[C@H](C)NC(=O)COC(=O)c1cccc(C)c1O. The summed E-state index contributed by atoms with van der Waals surface area (Å²) in [6.45, 7) is 5.27. The van der Waals surface area contributed by atoms with Crippen molar-refractivity contribution in [2.45, 2.75) is 39.7 Å². The second-order valence-corrected chi connectivity index (χ2v) is 4.80. The van der Waals surface area contributed by atoms with Gasteiger partial charge in [0.2, 0.25) is 0 Å². The van der Waals surface area contributed by atoms with E-state index in [2.05, 4.69) is 5.32 Å². The maximum atomic E-state index is 11.8. The Kier molecular flexibility index (Phi) is 6.03. The average molecular weight is 279 g/mol. The first kappa shape index (κ1) is 16.0. The standard InChI is InChI=1S/C15H21NO4/c1-4-6-11(3)16-13(17)9-20-15(19)12-8-5-7-10(2)14(12)18/h5,7-8,11,18H,4,6,9H2,1-3H3,(H,16,17)/t11-/m0/s1. The number of para-hydroxylation sites is 1. The number of hydrogen-bond donors (Lipinski definition) is 2. The third-order valence-corrected chi connectivity index (χ3v) is 2.92. The van der Waals surface area contributed by atoms with E-state index in [1.54, 1.807) is 19.1 Å². The molecular formula is C15H21NO4. The highest BCUT2D eigenvalue weighted by molar-refractivity contribution is 5.94. The highest BCUT2D eigenvalue weighted by Crippen LogP contribution is 2.21. The molecule has 0 radical (unpaired) electrons. The topological polar surface area (TPSA) is 75.6 Å². The number of benzene rings is 1. The molecule has 5 nitrogen and oxygen atoms in total. The van der Waals surface area contributed by atoms with E-state index >= 15 is 0 Å². The number of carbonyl (C=O) groups excluding carboxylic acids is 2. The van der Waals surface area contributed by atoms with Crippen molar-refractivity contribution in [3.8, 4) is 5.75 Å². The molecule has 0 aliphatic carbocycles. The first-order valence-electron chi connectivity index (χ1n) is 6.70. The maximum absolute atomic E-state index is 11.8. The molecule has 1 rings (SSSR count). The number of hydrogen-bond acceptors (Lipinski definition) is 4. The number of amides is 1. The lowest BCUT2D eigenvalue weighted by Gasteiger charge is -2.13.